The molecule has 0 radical (unpaired) electrons. The zero-order valence-corrected chi connectivity index (χ0v) is 12.3. The second-order valence-electron chi connectivity index (χ2n) is 4.91. The Bertz CT molecular complexity index is 655. The van der Waals surface area contributed by atoms with Crippen LogP contribution in [0.15, 0.2) is 42.5 Å². The molecule has 0 fully saturated rings. The number of phenols is 3. The van der Waals surface area contributed by atoms with Gasteiger partial charge in [-0.05, 0) is 59.4 Å². The van der Waals surface area contributed by atoms with Crippen LogP contribution in [0, 0.1) is 0 Å². The summed E-state index contributed by atoms with van der Waals surface area (Å²) in [5.74, 6) is 0.0195. The average Bonchev–Trinajstić information content (AvgIpc) is 2.49. The maximum atomic E-state index is 9.70. The molecule has 0 saturated carbocycles. The van der Waals surface area contributed by atoms with Gasteiger partial charge in [0.05, 0.1) is 0 Å². The summed E-state index contributed by atoms with van der Waals surface area (Å²) in [6.07, 6.45) is 1.66. The van der Waals surface area contributed by atoms with Crippen LogP contribution in [0.4, 0.5) is 0 Å². The Morgan fingerprint density at radius 2 is 1.24 bits per heavy atom. The Hall–Kier alpha value is -2.42. The van der Waals surface area contributed by atoms with Crippen molar-refractivity contribution in [3.8, 4) is 17.2 Å². The van der Waals surface area contributed by atoms with Crippen LogP contribution in [0.3, 0.4) is 0 Å². The highest BCUT2D eigenvalue weighted by atomic mass is 16.3. The lowest BCUT2D eigenvalue weighted by Crippen LogP contribution is -1.91. The summed E-state index contributed by atoms with van der Waals surface area (Å²) >= 11 is 0. The average molecular weight is 284 g/mol. The maximum absolute atomic E-state index is 9.70. The Morgan fingerprint density at radius 1 is 0.714 bits per heavy atom. The summed E-state index contributed by atoms with van der Waals surface area (Å²) < 4.78 is 0. The van der Waals surface area contributed by atoms with E-state index in [1.807, 2.05) is 18.2 Å². The highest BCUT2D eigenvalue weighted by Gasteiger charge is 2.11. The van der Waals surface area contributed by atoms with E-state index < -0.39 is 0 Å². The van der Waals surface area contributed by atoms with E-state index >= 15 is 0 Å². The first-order chi connectivity index (χ1) is 10.1. The number of hydrogen-bond acceptors (Lipinski definition) is 3. The predicted octanol–water partition coefficient (Wildman–Crippen LogP) is 4.53. The van der Waals surface area contributed by atoms with Crippen LogP contribution < -0.4 is 0 Å². The van der Waals surface area contributed by atoms with Crippen LogP contribution in [0.1, 0.15) is 37.8 Å². The Labute approximate surface area is 124 Å². The van der Waals surface area contributed by atoms with E-state index in [-0.39, 0.29) is 17.2 Å². The highest BCUT2D eigenvalue weighted by Crippen LogP contribution is 2.35. The van der Waals surface area contributed by atoms with Gasteiger partial charge in [-0.3, -0.25) is 0 Å². The maximum Gasteiger partial charge on any atom is 0.157 e. The summed E-state index contributed by atoms with van der Waals surface area (Å²) in [5, 5.41) is 28.6. The van der Waals surface area contributed by atoms with Gasteiger partial charge in [0.1, 0.15) is 5.75 Å². The van der Waals surface area contributed by atoms with Crippen molar-refractivity contribution < 1.29 is 15.3 Å². The van der Waals surface area contributed by atoms with Crippen molar-refractivity contribution in [3.05, 3.63) is 53.6 Å². The molecule has 0 aromatic heterocycles. The third kappa shape index (κ3) is 3.19. The number of benzene rings is 2. The van der Waals surface area contributed by atoms with Gasteiger partial charge in [-0.25, -0.2) is 0 Å². The van der Waals surface area contributed by atoms with Crippen LogP contribution in [0.25, 0.3) is 11.1 Å². The van der Waals surface area contributed by atoms with Gasteiger partial charge in [-0.1, -0.05) is 32.0 Å². The molecule has 0 aliphatic heterocycles. The molecule has 3 nitrogen and oxygen atoms in total. The summed E-state index contributed by atoms with van der Waals surface area (Å²) in [5.41, 5.74) is 4.25. The molecule has 0 amide bonds. The Morgan fingerprint density at radius 3 is 1.76 bits per heavy atom. The fourth-order valence-electron chi connectivity index (χ4n) is 2.56. The van der Waals surface area contributed by atoms with Crippen molar-refractivity contribution in [2.45, 2.75) is 26.7 Å². The van der Waals surface area contributed by atoms with Gasteiger partial charge in [-0.2, -0.15) is 0 Å². The molecule has 0 atom stereocenters. The molecule has 2 aromatic rings. The van der Waals surface area contributed by atoms with Gasteiger partial charge in [0, 0.05) is 0 Å². The van der Waals surface area contributed by atoms with Crippen molar-refractivity contribution in [1.82, 2.24) is 0 Å². The second kappa shape index (κ2) is 6.35. The van der Waals surface area contributed by atoms with Crippen LogP contribution in [-0.4, -0.2) is 15.3 Å². The van der Waals surface area contributed by atoms with E-state index in [1.165, 1.54) is 11.6 Å². The molecule has 0 heterocycles. The molecule has 0 aliphatic carbocycles. The molecule has 110 valence electrons. The first-order valence-corrected chi connectivity index (χ1v) is 7.10. The molecule has 21 heavy (non-hydrogen) atoms. The van der Waals surface area contributed by atoms with E-state index in [9.17, 15) is 15.3 Å². The molecule has 0 unspecified atom stereocenters. The fraction of sp³-hybridized carbons (Fsp3) is 0.222. The monoisotopic (exact) mass is 284 g/mol. The Kier molecular flexibility index (Phi) is 4.53. The zero-order chi connectivity index (χ0) is 15.4. The quantitative estimate of drug-likeness (QED) is 0.571. The molecule has 0 aliphatic rings. The molecule has 3 N–H and O–H groups in total. The van der Waals surface area contributed by atoms with Gasteiger partial charge >= 0.3 is 0 Å². The minimum Gasteiger partial charge on any atom is -0.508 e. The minimum atomic E-state index is -0.114. The van der Waals surface area contributed by atoms with Crippen molar-refractivity contribution >= 4 is 11.1 Å². The molecule has 3 heteroatoms. The molecule has 2 aromatic carbocycles. The van der Waals surface area contributed by atoms with Crippen molar-refractivity contribution in [2.75, 3.05) is 0 Å². The van der Waals surface area contributed by atoms with Crippen LogP contribution in [-0.2, 0) is 0 Å². The lowest BCUT2D eigenvalue weighted by atomic mass is 9.91. The van der Waals surface area contributed by atoms with E-state index in [0.717, 1.165) is 29.5 Å². The lowest BCUT2D eigenvalue weighted by Gasteiger charge is -2.14. The molecule has 0 spiro atoms. The van der Waals surface area contributed by atoms with Gasteiger partial charge in [0.25, 0.3) is 0 Å². The molecule has 0 bridgehead atoms. The van der Waals surface area contributed by atoms with E-state index in [1.54, 1.807) is 18.2 Å². The van der Waals surface area contributed by atoms with Gasteiger partial charge in [-0.15, -0.1) is 0 Å². The normalized spacial score (nSPS) is 12.1. The van der Waals surface area contributed by atoms with Gasteiger partial charge in [0.2, 0.25) is 0 Å². The molecule has 2 rings (SSSR count). The number of hydrogen-bond donors (Lipinski definition) is 3. The minimum absolute atomic E-state index is 0.111. The topological polar surface area (TPSA) is 60.7 Å². The van der Waals surface area contributed by atoms with E-state index in [0.29, 0.717) is 0 Å². The van der Waals surface area contributed by atoms with Crippen LogP contribution >= 0.6 is 0 Å². The van der Waals surface area contributed by atoms with Crippen molar-refractivity contribution in [3.63, 3.8) is 0 Å². The van der Waals surface area contributed by atoms with Crippen LogP contribution in [0.5, 0.6) is 17.2 Å². The molecule has 0 saturated heterocycles. The fourth-order valence-corrected chi connectivity index (χ4v) is 2.56. The molecular formula is C18H20O3. The second-order valence-corrected chi connectivity index (χ2v) is 4.91. The van der Waals surface area contributed by atoms with Crippen LogP contribution in [0.2, 0.25) is 0 Å². The molecular weight excluding hydrogens is 264 g/mol. The van der Waals surface area contributed by atoms with E-state index in [2.05, 4.69) is 13.8 Å². The number of rotatable bonds is 4. The highest BCUT2D eigenvalue weighted by molar-refractivity contribution is 5.91. The first-order valence-electron chi connectivity index (χ1n) is 7.10. The largest absolute Gasteiger partial charge is 0.508 e. The zero-order valence-electron chi connectivity index (χ0n) is 12.3. The summed E-state index contributed by atoms with van der Waals surface area (Å²) in [4.78, 5) is 0. The van der Waals surface area contributed by atoms with E-state index in [4.69, 9.17) is 0 Å². The lowest BCUT2D eigenvalue weighted by molar-refractivity contribution is 0.403. The SMILES string of the molecule is CC/C(=C(/CC)c1ccc(O)c(O)c1)c1ccc(O)cc1. The van der Waals surface area contributed by atoms with Gasteiger partial charge < -0.3 is 15.3 Å². The summed E-state index contributed by atoms with van der Waals surface area (Å²) in [6.45, 7) is 4.15. The first kappa shape index (κ1) is 15.0. The summed E-state index contributed by atoms with van der Waals surface area (Å²) in [6, 6.07) is 12.0. The predicted molar refractivity (Wildman–Crippen MR) is 85.3 cm³/mol. The third-order valence-corrected chi connectivity index (χ3v) is 3.61. The smallest absolute Gasteiger partial charge is 0.157 e. The third-order valence-electron chi connectivity index (χ3n) is 3.61. The number of allylic oxidation sites excluding steroid dienone is 2. The number of phenolic OH excluding ortho intramolecular Hbond substituents is 3. The summed E-state index contributed by atoms with van der Waals surface area (Å²) in [7, 11) is 0. The Balaban J connectivity index is 2.57. The number of aromatic hydroxyl groups is 3. The van der Waals surface area contributed by atoms with Gasteiger partial charge in [0.15, 0.2) is 11.5 Å². The standard InChI is InChI=1S/C18H20O3/c1-3-15(12-5-8-14(19)9-6-12)16(4-2)13-7-10-17(20)18(21)11-13/h5-11,19-21H,3-4H2,1-2H3/b16-15+. The van der Waals surface area contributed by atoms with Crippen molar-refractivity contribution in [1.29, 1.82) is 0 Å². The van der Waals surface area contributed by atoms with Crippen molar-refractivity contribution in [2.24, 2.45) is 0 Å².